The van der Waals surface area contributed by atoms with E-state index in [0.29, 0.717) is 12.5 Å². The number of nitrogens with one attached hydrogen (secondary N) is 1. The lowest BCUT2D eigenvalue weighted by Gasteiger charge is -2.32. The monoisotopic (exact) mass is 353 g/mol. The summed E-state index contributed by atoms with van der Waals surface area (Å²) in [6.07, 6.45) is 4.15. The van der Waals surface area contributed by atoms with E-state index in [0.717, 1.165) is 44.1 Å². The van der Waals surface area contributed by atoms with Gasteiger partial charge >= 0.3 is 0 Å². The first kappa shape index (κ1) is 17.2. The van der Waals surface area contributed by atoms with E-state index < -0.39 is 0 Å². The zero-order chi connectivity index (χ0) is 17.9. The zero-order valence-corrected chi connectivity index (χ0v) is 15.4. The average Bonchev–Trinajstić information content (AvgIpc) is 3.08. The minimum Gasteiger partial charge on any atom is -0.333 e. The summed E-state index contributed by atoms with van der Waals surface area (Å²) in [5.41, 5.74) is 1.26. The van der Waals surface area contributed by atoms with Crippen molar-refractivity contribution in [2.24, 2.45) is 5.92 Å². The highest BCUT2D eigenvalue weighted by Crippen LogP contribution is 2.26. The van der Waals surface area contributed by atoms with Crippen LogP contribution in [0.2, 0.25) is 0 Å². The molecule has 2 aliphatic rings. The topological polar surface area (TPSA) is 63.1 Å². The van der Waals surface area contributed by atoms with E-state index in [2.05, 4.69) is 32.2 Å². The third-order valence-corrected chi connectivity index (χ3v) is 5.67. The number of hydrogen-bond acceptors (Lipinski definition) is 4. The molecule has 2 aromatic rings. The maximum Gasteiger partial charge on any atom is 0.245 e. The third-order valence-electron chi connectivity index (χ3n) is 5.67. The SMILES string of the molecule is C[C@H]1C(=O)N(CCc2ccccc2)Cc2nnc(CC3CCNCC3)n21. The van der Waals surface area contributed by atoms with Crippen molar-refractivity contribution in [3.05, 3.63) is 47.5 Å². The van der Waals surface area contributed by atoms with Gasteiger partial charge in [0.1, 0.15) is 11.9 Å². The van der Waals surface area contributed by atoms with Crippen LogP contribution in [0.1, 0.15) is 43.0 Å². The number of fused-ring (bicyclic) bond motifs is 1. The molecule has 138 valence electrons. The van der Waals surface area contributed by atoms with Crippen molar-refractivity contribution in [3.63, 3.8) is 0 Å². The van der Waals surface area contributed by atoms with Gasteiger partial charge in [0.15, 0.2) is 5.82 Å². The fourth-order valence-electron chi connectivity index (χ4n) is 4.12. The number of amides is 1. The molecule has 4 rings (SSSR count). The van der Waals surface area contributed by atoms with Gasteiger partial charge in [-0.25, -0.2) is 0 Å². The van der Waals surface area contributed by atoms with Gasteiger partial charge in [0.05, 0.1) is 6.54 Å². The number of hydrogen-bond donors (Lipinski definition) is 1. The van der Waals surface area contributed by atoms with Crippen LogP contribution in [0.5, 0.6) is 0 Å². The first-order chi connectivity index (χ1) is 12.7. The van der Waals surface area contributed by atoms with Crippen molar-refractivity contribution >= 4 is 5.91 Å². The van der Waals surface area contributed by atoms with Crippen LogP contribution in [0.3, 0.4) is 0 Å². The molecule has 0 bridgehead atoms. The summed E-state index contributed by atoms with van der Waals surface area (Å²) in [5.74, 6) is 2.73. The summed E-state index contributed by atoms with van der Waals surface area (Å²) in [7, 11) is 0. The Bertz CT molecular complexity index is 751. The fourth-order valence-corrected chi connectivity index (χ4v) is 4.12. The van der Waals surface area contributed by atoms with Crippen molar-refractivity contribution in [3.8, 4) is 0 Å². The molecule has 1 saturated heterocycles. The Morgan fingerprint density at radius 3 is 2.69 bits per heavy atom. The molecule has 2 aliphatic heterocycles. The second kappa shape index (κ2) is 7.58. The second-order valence-electron chi connectivity index (χ2n) is 7.47. The van der Waals surface area contributed by atoms with E-state index in [-0.39, 0.29) is 11.9 Å². The number of nitrogens with zero attached hydrogens (tertiary/aromatic N) is 4. The van der Waals surface area contributed by atoms with Crippen molar-refractivity contribution in [2.75, 3.05) is 19.6 Å². The highest BCUT2D eigenvalue weighted by molar-refractivity contribution is 5.81. The maximum atomic E-state index is 12.9. The molecule has 6 heteroatoms. The van der Waals surface area contributed by atoms with Crippen LogP contribution in [-0.4, -0.2) is 45.2 Å². The zero-order valence-electron chi connectivity index (χ0n) is 15.4. The molecule has 0 radical (unpaired) electrons. The molecular formula is C20H27N5O. The van der Waals surface area contributed by atoms with Gasteiger partial charge in [-0.1, -0.05) is 30.3 Å². The molecular weight excluding hydrogens is 326 g/mol. The minimum atomic E-state index is -0.207. The maximum absolute atomic E-state index is 12.9. The van der Waals surface area contributed by atoms with E-state index in [1.165, 1.54) is 18.4 Å². The van der Waals surface area contributed by atoms with Crippen molar-refractivity contribution in [2.45, 2.75) is 45.2 Å². The second-order valence-corrected chi connectivity index (χ2v) is 7.47. The van der Waals surface area contributed by atoms with E-state index in [4.69, 9.17) is 0 Å². The fraction of sp³-hybridized carbons (Fsp3) is 0.550. The molecule has 0 saturated carbocycles. The molecule has 1 N–H and O–H groups in total. The highest BCUT2D eigenvalue weighted by atomic mass is 16.2. The predicted molar refractivity (Wildman–Crippen MR) is 99.6 cm³/mol. The molecule has 3 heterocycles. The lowest BCUT2D eigenvalue weighted by molar-refractivity contribution is -0.137. The standard InChI is InChI=1S/C20H27N5O/c1-15-20(26)24(12-9-16-5-3-2-4-6-16)14-19-23-22-18(25(15)19)13-17-7-10-21-11-8-17/h2-6,15,17,21H,7-14H2,1H3/t15-/m0/s1. The van der Waals surface area contributed by atoms with Crippen LogP contribution >= 0.6 is 0 Å². The molecule has 1 amide bonds. The van der Waals surface area contributed by atoms with Crippen LogP contribution in [0, 0.1) is 5.92 Å². The highest BCUT2D eigenvalue weighted by Gasteiger charge is 2.33. The molecule has 1 aromatic heterocycles. The van der Waals surface area contributed by atoms with Crippen LogP contribution in [0.15, 0.2) is 30.3 Å². The molecule has 0 spiro atoms. The Hall–Kier alpha value is -2.21. The van der Waals surface area contributed by atoms with Gasteiger partial charge in [0.2, 0.25) is 5.91 Å². The van der Waals surface area contributed by atoms with Gasteiger partial charge in [-0.05, 0) is 50.8 Å². The predicted octanol–water partition coefficient (Wildman–Crippen LogP) is 1.97. The average molecular weight is 353 g/mol. The Balaban J connectivity index is 1.45. The van der Waals surface area contributed by atoms with Crippen LogP contribution in [0.4, 0.5) is 0 Å². The van der Waals surface area contributed by atoms with Gasteiger partial charge in [-0.3, -0.25) is 4.79 Å². The molecule has 1 atom stereocenters. The number of rotatable bonds is 5. The Morgan fingerprint density at radius 2 is 1.92 bits per heavy atom. The minimum absolute atomic E-state index is 0.180. The van der Waals surface area contributed by atoms with E-state index in [9.17, 15) is 4.79 Å². The number of piperidine rings is 1. The Morgan fingerprint density at radius 1 is 1.15 bits per heavy atom. The van der Waals surface area contributed by atoms with Crippen molar-refractivity contribution < 1.29 is 4.79 Å². The summed E-state index contributed by atoms with van der Waals surface area (Å²) < 4.78 is 2.09. The summed E-state index contributed by atoms with van der Waals surface area (Å²) in [5, 5.41) is 12.3. The molecule has 1 fully saturated rings. The third kappa shape index (κ3) is 3.51. The summed E-state index contributed by atoms with van der Waals surface area (Å²) >= 11 is 0. The van der Waals surface area contributed by atoms with Gasteiger partial charge in [0, 0.05) is 13.0 Å². The first-order valence-corrected chi connectivity index (χ1v) is 9.68. The van der Waals surface area contributed by atoms with Crippen LogP contribution in [0.25, 0.3) is 0 Å². The Labute approximate surface area is 154 Å². The quantitative estimate of drug-likeness (QED) is 0.893. The van der Waals surface area contributed by atoms with Gasteiger partial charge < -0.3 is 14.8 Å². The molecule has 0 aliphatic carbocycles. The smallest absolute Gasteiger partial charge is 0.245 e. The lowest BCUT2D eigenvalue weighted by atomic mass is 9.94. The summed E-state index contributed by atoms with van der Waals surface area (Å²) in [6, 6.07) is 10.1. The van der Waals surface area contributed by atoms with E-state index in [1.807, 2.05) is 30.0 Å². The molecule has 6 nitrogen and oxygen atoms in total. The van der Waals surface area contributed by atoms with Crippen molar-refractivity contribution in [1.82, 2.24) is 25.0 Å². The van der Waals surface area contributed by atoms with Crippen molar-refractivity contribution in [1.29, 1.82) is 0 Å². The van der Waals surface area contributed by atoms with E-state index >= 15 is 0 Å². The number of carbonyl (C=O) groups excluding carboxylic acids is 1. The largest absolute Gasteiger partial charge is 0.333 e. The number of aromatic nitrogens is 3. The molecule has 26 heavy (non-hydrogen) atoms. The lowest BCUT2D eigenvalue weighted by Crippen LogP contribution is -2.43. The van der Waals surface area contributed by atoms with E-state index in [1.54, 1.807) is 0 Å². The molecule has 1 aromatic carbocycles. The summed E-state index contributed by atoms with van der Waals surface area (Å²) in [4.78, 5) is 14.8. The number of carbonyl (C=O) groups is 1. The summed E-state index contributed by atoms with van der Waals surface area (Å²) in [6.45, 7) is 5.43. The number of benzene rings is 1. The normalized spacial score (nSPS) is 21.0. The van der Waals surface area contributed by atoms with Gasteiger partial charge in [0.25, 0.3) is 0 Å². The van der Waals surface area contributed by atoms with Gasteiger partial charge in [-0.15, -0.1) is 10.2 Å². The van der Waals surface area contributed by atoms with Crippen LogP contribution in [-0.2, 0) is 24.2 Å². The first-order valence-electron chi connectivity index (χ1n) is 9.68. The van der Waals surface area contributed by atoms with Gasteiger partial charge in [-0.2, -0.15) is 0 Å². The molecule has 0 unspecified atom stereocenters. The van der Waals surface area contributed by atoms with Crippen LogP contribution < -0.4 is 5.32 Å². The Kier molecular flexibility index (Phi) is 5.02.